The molecule has 2 unspecified atom stereocenters. The second-order valence-electron chi connectivity index (χ2n) is 4.67. The van der Waals surface area contributed by atoms with E-state index in [2.05, 4.69) is 18.8 Å². The normalized spacial score (nSPS) is 25.0. The number of hydrogen-bond acceptors (Lipinski definition) is 2. The van der Waals surface area contributed by atoms with Gasteiger partial charge in [0.2, 0.25) is 0 Å². The molecular formula is C12H17NO2. The molecule has 15 heavy (non-hydrogen) atoms. The van der Waals surface area contributed by atoms with E-state index in [0.717, 1.165) is 18.5 Å². The minimum absolute atomic E-state index is 0.141. The highest BCUT2D eigenvalue weighted by atomic mass is 16.3. The maximum Gasteiger partial charge on any atom is 0.253 e. The third-order valence-electron chi connectivity index (χ3n) is 3.22. The van der Waals surface area contributed by atoms with E-state index in [1.54, 1.807) is 0 Å². The molecule has 0 fully saturated rings. The number of nitrogens with one attached hydrogen (secondary N) is 1. The number of aromatic nitrogens is 1. The summed E-state index contributed by atoms with van der Waals surface area (Å²) in [6.45, 7) is 4.19. The van der Waals surface area contributed by atoms with Crippen molar-refractivity contribution in [3.8, 4) is 0 Å². The van der Waals surface area contributed by atoms with Crippen LogP contribution >= 0.6 is 0 Å². The van der Waals surface area contributed by atoms with Gasteiger partial charge in [0.1, 0.15) is 0 Å². The first-order chi connectivity index (χ1) is 7.11. The van der Waals surface area contributed by atoms with E-state index in [1.807, 2.05) is 6.07 Å². The molecule has 0 aromatic carbocycles. The van der Waals surface area contributed by atoms with E-state index >= 15 is 0 Å². The van der Waals surface area contributed by atoms with Gasteiger partial charge in [-0.3, -0.25) is 4.79 Å². The van der Waals surface area contributed by atoms with Gasteiger partial charge in [-0.25, -0.2) is 0 Å². The molecule has 2 rings (SSSR count). The second kappa shape index (κ2) is 3.81. The quantitative estimate of drug-likeness (QED) is 0.734. The minimum Gasteiger partial charge on any atom is -0.391 e. The molecule has 0 radical (unpaired) electrons. The van der Waals surface area contributed by atoms with Crippen LogP contribution in [0.25, 0.3) is 0 Å². The van der Waals surface area contributed by atoms with E-state index in [0.29, 0.717) is 17.4 Å². The number of aliphatic hydroxyl groups is 1. The summed E-state index contributed by atoms with van der Waals surface area (Å²) in [5.41, 5.74) is 2.60. The number of rotatable bonds is 1. The molecule has 0 bridgehead atoms. The summed E-state index contributed by atoms with van der Waals surface area (Å²) in [5, 5.41) is 9.03. The van der Waals surface area contributed by atoms with Gasteiger partial charge in [-0.05, 0) is 36.3 Å². The number of fused-ring (bicyclic) bond motifs is 1. The Morgan fingerprint density at radius 1 is 1.53 bits per heavy atom. The van der Waals surface area contributed by atoms with Gasteiger partial charge in [-0.1, -0.05) is 13.8 Å². The summed E-state index contributed by atoms with van der Waals surface area (Å²) in [7, 11) is 0. The van der Waals surface area contributed by atoms with Crippen molar-refractivity contribution < 1.29 is 5.11 Å². The van der Waals surface area contributed by atoms with Crippen molar-refractivity contribution in [2.45, 2.75) is 39.2 Å². The molecule has 1 aliphatic rings. The highest BCUT2D eigenvalue weighted by molar-refractivity contribution is 5.30. The number of hydrogen-bond donors (Lipinski definition) is 2. The molecule has 2 N–H and O–H groups in total. The Morgan fingerprint density at radius 2 is 2.27 bits per heavy atom. The number of H-pyrrole nitrogens is 1. The van der Waals surface area contributed by atoms with Gasteiger partial charge < -0.3 is 10.1 Å². The third-order valence-corrected chi connectivity index (χ3v) is 3.22. The summed E-state index contributed by atoms with van der Waals surface area (Å²) < 4.78 is 0. The molecule has 82 valence electrons. The molecule has 1 aliphatic carbocycles. The average molecular weight is 207 g/mol. The maximum atomic E-state index is 11.5. The summed E-state index contributed by atoms with van der Waals surface area (Å²) in [6.07, 6.45) is 2.13. The lowest BCUT2D eigenvalue weighted by molar-refractivity contribution is 0.279. The van der Waals surface area contributed by atoms with Crippen LogP contribution in [0.2, 0.25) is 0 Å². The molecule has 0 saturated heterocycles. The summed E-state index contributed by atoms with van der Waals surface area (Å²) in [5.74, 6) is 1.08. The van der Waals surface area contributed by atoms with Crippen LogP contribution in [0.1, 0.15) is 43.0 Å². The van der Waals surface area contributed by atoms with Crippen LogP contribution in [0.3, 0.4) is 0 Å². The Hall–Kier alpha value is -1.09. The molecular weight excluding hydrogens is 190 g/mol. The van der Waals surface area contributed by atoms with Crippen molar-refractivity contribution in [1.82, 2.24) is 4.98 Å². The van der Waals surface area contributed by atoms with Gasteiger partial charge in [0, 0.05) is 11.3 Å². The van der Waals surface area contributed by atoms with E-state index in [-0.39, 0.29) is 12.2 Å². The van der Waals surface area contributed by atoms with Crippen molar-refractivity contribution in [3.63, 3.8) is 0 Å². The maximum absolute atomic E-state index is 11.5. The van der Waals surface area contributed by atoms with E-state index in [4.69, 9.17) is 5.11 Å². The fraction of sp³-hybridized carbons (Fsp3) is 0.583. The van der Waals surface area contributed by atoms with Crippen LogP contribution in [0, 0.1) is 5.92 Å². The average Bonchev–Trinajstić information content (AvgIpc) is 2.18. The Kier molecular flexibility index (Phi) is 2.65. The van der Waals surface area contributed by atoms with Gasteiger partial charge in [-0.15, -0.1) is 0 Å². The molecule has 1 aromatic heterocycles. The van der Waals surface area contributed by atoms with Crippen LogP contribution in [0.4, 0.5) is 0 Å². The Balaban J connectivity index is 2.52. The van der Waals surface area contributed by atoms with Gasteiger partial charge in [-0.2, -0.15) is 0 Å². The van der Waals surface area contributed by atoms with E-state index in [9.17, 15) is 4.79 Å². The third kappa shape index (κ3) is 1.84. The number of pyridine rings is 1. The van der Waals surface area contributed by atoms with Crippen LogP contribution < -0.4 is 5.56 Å². The topological polar surface area (TPSA) is 53.1 Å². The van der Waals surface area contributed by atoms with Crippen LogP contribution in [-0.4, -0.2) is 10.1 Å². The van der Waals surface area contributed by atoms with Gasteiger partial charge in [0.15, 0.2) is 0 Å². The van der Waals surface area contributed by atoms with Crippen LogP contribution in [-0.2, 0) is 13.0 Å². The lowest BCUT2D eigenvalue weighted by Crippen LogP contribution is -2.23. The monoisotopic (exact) mass is 207 g/mol. The molecule has 3 nitrogen and oxygen atoms in total. The lowest BCUT2D eigenvalue weighted by atomic mass is 9.81. The molecule has 0 aliphatic heterocycles. The van der Waals surface area contributed by atoms with Crippen LogP contribution in [0.5, 0.6) is 0 Å². The largest absolute Gasteiger partial charge is 0.391 e. The van der Waals surface area contributed by atoms with Crippen molar-refractivity contribution in [2.75, 3.05) is 0 Å². The first-order valence-corrected chi connectivity index (χ1v) is 5.47. The highest BCUT2D eigenvalue weighted by Crippen LogP contribution is 2.32. The highest BCUT2D eigenvalue weighted by Gasteiger charge is 2.22. The van der Waals surface area contributed by atoms with Gasteiger partial charge in [0.05, 0.1) is 6.61 Å². The van der Waals surface area contributed by atoms with Gasteiger partial charge in [0.25, 0.3) is 5.56 Å². The molecule has 2 atom stereocenters. The minimum atomic E-state index is -0.175. The van der Waals surface area contributed by atoms with Crippen LogP contribution in [0.15, 0.2) is 10.9 Å². The van der Waals surface area contributed by atoms with Gasteiger partial charge >= 0.3 is 0 Å². The standard InChI is InChI=1S/C12H17NO2/c1-7-3-8(2)11-9(4-7)5-10(6-14)12(15)13-11/h5,7-8,14H,3-4,6H2,1-2H3,(H,13,15). The van der Waals surface area contributed by atoms with Crippen molar-refractivity contribution in [3.05, 3.63) is 33.2 Å². The predicted octanol–water partition coefficient (Wildman–Crippen LogP) is 1.55. The Bertz CT molecular complexity index is 422. The van der Waals surface area contributed by atoms with Crippen molar-refractivity contribution in [2.24, 2.45) is 5.92 Å². The van der Waals surface area contributed by atoms with Crippen molar-refractivity contribution >= 4 is 0 Å². The molecule has 0 saturated carbocycles. The smallest absolute Gasteiger partial charge is 0.253 e. The van der Waals surface area contributed by atoms with E-state index < -0.39 is 0 Å². The molecule has 0 amide bonds. The summed E-state index contributed by atoms with van der Waals surface area (Å²) in [6, 6.07) is 1.86. The lowest BCUT2D eigenvalue weighted by Gasteiger charge is -2.27. The first kappa shape index (κ1) is 10.4. The molecule has 3 heteroatoms. The SMILES string of the molecule is CC1Cc2cc(CO)c(=O)[nH]c2C(C)C1. The molecule has 1 aromatic rings. The molecule has 1 heterocycles. The zero-order valence-electron chi connectivity index (χ0n) is 9.21. The Morgan fingerprint density at radius 3 is 2.93 bits per heavy atom. The zero-order chi connectivity index (χ0) is 11.0. The summed E-state index contributed by atoms with van der Waals surface area (Å²) in [4.78, 5) is 14.4. The first-order valence-electron chi connectivity index (χ1n) is 5.47. The van der Waals surface area contributed by atoms with E-state index in [1.165, 1.54) is 5.56 Å². The fourth-order valence-corrected chi connectivity index (χ4v) is 2.54. The Labute approximate surface area is 89.2 Å². The summed E-state index contributed by atoms with van der Waals surface area (Å²) >= 11 is 0. The zero-order valence-corrected chi connectivity index (χ0v) is 9.21. The number of aromatic amines is 1. The van der Waals surface area contributed by atoms with Crippen molar-refractivity contribution in [1.29, 1.82) is 0 Å². The predicted molar refractivity (Wildman–Crippen MR) is 58.9 cm³/mol. The molecule has 0 spiro atoms. The fourth-order valence-electron chi connectivity index (χ4n) is 2.54. The second-order valence-corrected chi connectivity index (χ2v) is 4.67. The number of aliphatic hydroxyl groups excluding tert-OH is 1.